The molecule has 1 atom stereocenters. The average molecular weight is 226 g/mol. The van der Waals surface area contributed by atoms with Crippen LogP contribution in [0, 0.1) is 0 Å². The predicted molar refractivity (Wildman–Crippen MR) is 56.8 cm³/mol. The summed E-state index contributed by atoms with van der Waals surface area (Å²) in [7, 11) is -3.04. The molecule has 1 aliphatic heterocycles. The molecule has 0 spiro atoms. The van der Waals surface area contributed by atoms with Crippen LogP contribution in [0.15, 0.2) is 23.9 Å². The Kier molecular flexibility index (Phi) is 2.31. The molecule has 0 saturated heterocycles. The third-order valence-electron chi connectivity index (χ3n) is 1.94. The number of nitrogens with one attached hydrogen (secondary N) is 1. The first-order valence-electron chi connectivity index (χ1n) is 4.30. The maximum atomic E-state index is 11.1. The van der Waals surface area contributed by atoms with Crippen molar-refractivity contribution in [1.82, 2.24) is 9.97 Å². The van der Waals surface area contributed by atoms with Crippen molar-refractivity contribution in [2.24, 2.45) is 0 Å². The molecule has 0 radical (unpaired) electrons. The summed E-state index contributed by atoms with van der Waals surface area (Å²) in [5, 5.41) is 4.13. The number of anilines is 2. The lowest BCUT2D eigenvalue weighted by Gasteiger charge is -2.09. The zero-order valence-electron chi connectivity index (χ0n) is 7.79. The number of nitrogens with zero attached hydrogens (tertiary/aromatic N) is 2. The quantitative estimate of drug-likeness (QED) is 0.723. The van der Waals surface area contributed by atoms with Crippen LogP contribution in [0.2, 0.25) is 0 Å². The van der Waals surface area contributed by atoms with E-state index in [2.05, 4.69) is 15.3 Å². The highest BCUT2D eigenvalue weighted by Crippen LogP contribution is 2.12. The van der Waals surface area contributed by atoms with Crippen molar-refractivity contribution in [3.63, 3.8) is 0 Å². The molecule has 0 aliphatic carbocycles. The zero-order chi connectivity index (χ0) is 10.9. The molecule has 7 heteroatoms. The van der Waals surface area contributed by atoms with Gasteiger partial charge >= 0.3 is 0 Å². The Bertz CT molecular complexity index is 480. The largest absolute Gasteiger partial charge is 0.382 e. The van der Waals surface area contributed by atoms with Gasteiger partial charge in [-0.3, -0.25) is 0 Å². The van der Waals surface area contributed by atoms with Crippen LogP contribution in [0.5, 0.6) is 0 Å². The Morgan fingerprint density at radius 3 is 2.73 bits per heavy atom. The molecule has 1 aromatic heterocycles. The van der Waals surface area contributed by atoms with E-state index in [1.807, 2.05) is 0 Å². The molecule has 0 saturated carbocycles. The number of nitrogen functional groups attached to an aromatic ring is 1. The summed E-state index contributed by atoms with van der Waals surface area (Å²) < 4.78 is 22.2. The number of aromatic nitrogens is 2. The normalized spacial score (nSPS) is 22.8. The van der Waals surface area contributed by atoms with Gasteiger partial charge in [0.2, 0.25) is 0 Å². The van der Waals surface area contributed by atoms with Crippen LogP contribution in [0.4, 0.5) is 11.6 Å². The summed E-state index contributed by atoms with van der Waals surface area (Å²) >= 11 is 0. The second-order valence-electron chi connectivity index (χ2n) is 3.24. The lowest BCUT2D eigenvalue weighted by atomic mass is 10.3. The number of nitrogens with two attached hydrogens (primary N) is 1. The van der Waals surface area contributed by atoms with Gasteiger partial charge in [0, 0.05) is 5.41 Å². The van der Waals surface area contributed by atoms with Gasteiger partial charge in [-0.25, -0.2) is 18.4 Å². The highest BCUT2D eigenvalue weighted by Gasteiger charge is 2.21. The van der Waals surface area contributed by atoms with Crippen LogP contribution in [-0.4, -0.2) is 30.2 Å². The summed E-state index contributed by atoms with van der Waals surface area (Å²) in [6.45, 7) is 0. The minimum Gasteiger partial charge on any atom is -0.382 e. The Balaban J connectivity index is 2.05. The minimum atomic E-state index is -3.04. The van der Waals surface area contributed by atoms with Crippen molar-refractivity contribution in [3.05, 3.63) is 23.9 Å². The van der Waals surface area contributed by atoms with Crippen molar-refractivity contribution in [1.29, 1.82) is 0 Å². The molecular formula is C8H10N4O2S. The first-order chi connectivity index (χ1) is 7.05. The molecule has 0 aromatic carbocycles. The Morgan fingerprint density at radius 1 is 1.40 bits per heavy atom. The molecule has 0 amide bonds. The first kappa shape index (κ1) is 9.91. The molecular weight excluding hydrogens is 216 g/mol. The molecule has 80 valence electrons. The molecule has 6 nitrogen and oxygen atoms in total. The standard InChI is InChI=1S/C8H10N4O2S/c9-7-3-11-8(4-10-7)12-6-1-2-15(13,14)5-6/h1-4,6H,5H2,(H2,9,10)(H,11,12). The number of rotatable bonds is 2. The number of hydrogen-bond donors (Lipinski definition) is 2. The summed E-state index contributed by atoms with van der Waals surface area (Å²) in [4.78, 5) is 7.80. The Hall–Kier alpha value is -1.63. The van der Waals surface area contributed by atoms with Gasteiger partial charge < -0.3 is 11.1 Å². The van der Waals surface area contributed by atoms with Gasteiger partial charge in [0.1, 0.15) is 11.6 Å². The van der Waals surface area contributed by atoms with Crippen molar-refractivity contribution in [3.8, 4) is 0 Å². The van der Waals surface area contributed by atoms with Crippen LogP contribution in [0.1, 0.15) is 0 Å². The van der Waals surface area contributed by atoms with Gasteiger partial charge in [-0.2, -0.15) is 0 Å². The zero-order valence-corrected chi connectivity index (χ0v) is 8.61. The predicted octanol–water partition coefficient (Wildman–Crippen LogP) is -0.219. The molecule has 15 heavy (non-hydrogen) atoms. The van der Waals surface area contributed by atoms with E-state index >= 15 is 0 Å². The third-order valence-corrected chi connectivity index (χ3v) is 3.33. The molecule has 1 unspecified atom stereocenters. The van der Waals surface area contributed by atoms with E-state index in [9.17, 15) is 8.42 Å². The second kappa shape index (κ2) is 3.50. The molecule has 0 fully saturated rings. The fraction of sp³-hybridized carbons (Fsp3) is 0.250. The smallest absolute Gasteiger partial charge is 0.173 e. The maximum absolute atomic E-state index is 11.1. The highest BCUT2D eigenvalue weighted by molar-refractivity contribution is 7.94. The van der Waals surface area contributed by atoms with Crippen molar-refractivity contribution < 1.29 is 8.42 Å². The van der Waals surface area contributed by atoms with Crippen molar-refractivity contribution >= 4 is 21.5 Å². The van der Waals surface area contributed by atoms with Crippen molar-refractivity contribution in [2.75, 3.05) is 16.8 Å². The van der Waals surface area contributed by atoms with E-state index in [0.29, 0.717) is 11.6 Å². The first-order valence-corrected chi connectivity index (χ1v) is 6.02. The summed E-state index contributed by atoms with van der Waals surface area (Å²) in [5.41, 5.74) is 5.37. The molecule has 1 aliphatic rings. The highest BCUT2D eigenvalue weighted by atomic mass is 32.2. The summed E-state index contributed by atoms with van der Waals surface area (Å²) in [5.74, 6) is 0.894. The maximum Gasteiger partial charge on any atom is 0.173 e. The van der Waals surface area contributed by atoms with E-state index in [4.69, 9.17) is 5.73 Å². The van der Waals surface area contributed by atoms with E-state index in [1.54, 1.807) is 6.08 Å². The fourth-order valence-corrected chi connectivity index (χ4v) is 2.50. The molecule has 2 heterocycles. The second-order valence-corrected chi connectivity index (χ2v) is 5.17. The molecule has 1 aromatic rings. The van der Waals surface area contributed by atoms with Crippen LogP contribution >= 0.6 is 0 Å². The third kappa shape index (κ3) is 2.44. The fourth-order valence-electron chi connectivity index (χ4n) is 1.27. The van der Waals surface area contributed by atoms with Gasteiger partial charge in [-0.05, 0) is 6.08 Å². The van der Waals surface area contributed by atoms with E-state index in [1.165, 1.54) is 17.8 Å². The van der Waals surface area contributed by atoms with Gasteiger partial charge in [-0.1, -0.05) is 0 Å². The Morgan fingerprint density at radius 2 is 2.20 bits per heavy atom. The summed E-state index contributed by atoms with van der Waals surface area (Å²) in [6.07, 6.45) is 4.47. The van der Waals surface area contributed by atoms with Crippen LogP contribution in [-0.2, 0) is 9.84 Å². The molecule has 3 N–H and O–H groups in total. The van der Waals surface area contributed by atoms with Gasteiger partial charge in [-0.15, -0.1) is 0 Å². The SMILES string of the molecule is Nc1cnc(NC2C=CS(=O)(=O)C2)cn1. The molecule has 0 bridgehead atoms. The van der Waals surface area contributed by atoms with Gasteiger partial charge in [0.25, 0.3) is 0 Å². The van der Waals surface area contributed by atoms with Crippen LogP contribution < -0.4 is 11.1 Å². The monoisotopic (exact) mass is 226 g/mol. The number of hydrogen-bond acceptors (Lipinski definition) is 6. The lowest BCUT2D eigenvalue weighted by Crippen LogP contribution is -2.21. The van der Waals surface area contributed by atoms with E-state index in [0.717, 1.165) is 0 Å². The van der Waals surface area contributed by atoms with Crippen LogP contribution in [0.25, 0.3) is 0 Å². The van der Waals surface area contributed by atoms with Gasteiger partial charge in [0.05, 0.1) is 24.2 Å². The summed E-state index contributed by atoms with van der Waals surface area (Å²) in [6, 6.07) is -0.243. The lowest BCUT2D eigenvalue weighted by molar-refractivity contribution is 0.605. The minimum absolute atomic E-state index is 0.0546. The van der Waals surface area contributed by atoms with E-state index in [-0.39, 0.29) is 11.8 Å². The van der Waals surface area contributed by atoms with Crippen LogP contribution in [0.3, 0.4) is 0 Å². The average Bonchev–Trinajstić information content (AvgIpc) is 2.50. The van der Waals surface area contributed by atoms with E-state index < -0.39 is 9.84 Å². The van der Waals surface area contributed by atoms with Crippen molar-refractivity contribution in [2.45, 2.75) is 6.04 Å². The molecule has 2 rings (SSSR count). The topological polar surface area (TPSA) is 98.0 Å². The van der Waals surface area contributed by atoms with Gasteiger partial charge in [0.15, 0.2) is 9.84 Å². The number of sulfone groups is 1. The Labute approximate surface area is 87.2 Å².